The lowest BCUT2D eigenvalue weighted by atomic mass is 9.76. The fraction of sp³-hybridized carbons (Fsp3) is 0.947. The van der Waals surface area contributed by atoms with E-state index in [0.29, 0.717) is 6.42 Å². The van der Waals surface area contributed by atoms with Gasteiger partial charge in [0.2, 0.25) is 0 Å². The van der Waals surface area contributed by atoms with Gasteiger partial charge in [0.1, 0.15) is 6.10 Å². The predicted octanol–water partition coefficient (Wildman–Crippen LogP) is 2.47. The first kappa shape index (κ1) is 16.5. The van der Waals surface area contributed by atoms with E-state index in [0.717, 1.165) is 38.5 Å². The summed E-state index contributed by atoms with van der Waals surface area (Å²) in [6.45, 7) is 0. The Kier molecular flexibility index (Phi) is 3.90. The summed E-state index contributed by atoms with van der Waals surface area (Å²) in [6.07, 6.45) is 9.57. The van der Waals surface area contributed by atoms with E-state index in [2.05, 4.69) is 0 Å². The fourth-order valence-corrected chi connectivity index (χ4v) is 5.74. The molecule has 2 unspecified atom stereocenters. The van der Waals surface area contributed by atoms with Crippen molar-refractivity contribution in [2.24, 2.45) is 0 Å². The average molecular weight is 352 g/mol. The molecule has 3 heterocycles. The quantitative estimate of drug-likeness (QED) is 0.712. The number of carbonyl (C=O) groups is 1. The highest BCUT2D eigenvalue weighted by molar-refractivity contribution is 5.69. The topological polar surface area (TPSA) is 63.2 Å². The van der Waals surface area contributed by atoms with Crippen LogP contribution in [0.5, 0.6) is 0 Å². The van der Waals surface area contributed by atoms with Gasteiger partial charge in [0.15, 0.2) is 5.79 Å². The maximum atomic E-state index is 11.6. The molecule has 3 aliphatic heterocycles. The molecule has 5 aliphatic rings. The van der Waals surface area contributed by atoms with Crippen LogP contribution in [0.2, 0.25) is 0 Å². The van der Waals surface area contributed by atoms with Crippen LogP contribution in [0.25, 0.3) is 0 Å². The highest BCUT2D eigenvalue weighted by Gasteiger charge is 2.65. The van der Waals surface area contributed by atoms with Gasteiger partial charge in [0.05, 0.1) is 43.5 Å². The van der Waals surface area contributed by atoms with Crippen molar-refractivity contribution in [3.05, 3.63) is 0 Å². The molecule has 0 N–H and O–H groups in total. The molecule has 5 rings (SSSR count). The SMILES string of the molecule is COC(=O)C[C@H]1CCC2O[C@@H]3CC2(C[C@H]2OC4(CCCCC4)O[C@@H]32)O1. The molecule has 6 nitrogen and oxygen atoms in total. The zero-order valence-electron chi connectivity index (χ0n) is 14.9. The summed E-state index contributed by atoms with van der Waals surface area (Å²) in [6, 6.07) is 0. The van der Waals surface area contributed by atoms with Crippen LogP contribution in [0.1, 0.15) is 64.2 Å². The minimum atomic E-state index is -0.381. The van der Waals surface area contributed by atoms with Gasteiger partial charge in [-0.1, -0.05) is 6.42 Å². The van der Waals surface area contributed by atoms with E-state index in [1.54, 1.807) is 0 Å². The maximum absolute atomic E-state index is 11.6. The lowest BCUT2D eigenvalue weighted by molar-refractivity contribution is -0.216. The van der Waals surface area contributed by atoms with E-state index >= 15 is 0 Å². The lowest BCUT2D eigenvalue weighted by Crippen LogP contribution is -2.54. The van der Waals surface area contributed by atoms with Crippen LogP contribution in [0.4, 0.5) is 0 Å². The van der Waals surface area contributed by atoms with E-state index in [4.69, 9.17) is 23.7 Å². The first-order valence-corrected chi connectivity index (χ1v) is 9.87. The Bertz CT molecular complexity index is 544. The Morgan fingerprint density at radius 3 is 2.64 bits per heavy atom. The largest absolute Gasteiger partial charge is 0.469 e. The second-order valence-electron chi connectivity index (χ2n) is 8.44. The lowest BCUT2D eigenvalue weighted by Gasteiger charge is -2.44. The molecule has 0 aromatic carbocycles. The Labute approximate surface area is 148 Å². The molecule has 0 aromatic rings. The predicted molar refractivity (Wildman–Crippen MR) is 86.9 cm³/mol. The van der Waals surface area contributed by atoms with E-state index in [1.165, 1.54) is 26.4 Å². The molecular weight excluding hydrogens is 324 g/mol. The van der Waals surface area contributed by atoms with Gasteiger partial charge in [-0.25, -0.2) is 0 Å². The zero-order chi connectivity index (χ0) is 17.1. The standard InChI is InChI=1S/C19H28O6/c1-21-16(20)9-12-5-6-15-18(23-12)10-13(22-15)17-14(11-18)24-19(25-17)7-3-2-4-8-19/h12-15,17H,2-11H2,1H3/t12-,13-,14-,15?,17+,18?/m1/s1. The van der Waals surface area contributed by atoms with Gasteiger partial charge in [-0.2, -0.15) is 0 Å². The number of ether oxygens (including phenoxy) is 5. The second kappa shape index (κ2) is 5.91. The molecule has 5 fully saturated rings. The normalized spacial score (nSPS) is 47.3. The molecule has 0 amide bonds. The summed E-state index contributed by atoms with van der Waals surface area (Å²) in [4.78, 5) is 11.6. The van der Waals surface area contributed by atoms with E-state index in [9.17, 15) is 4.79 Å². The van der Waals surface area contributed by atoms with Crippen molar-refractivity contribution in [1.29, 1.82) is 0 Å². The summed E-state index contributed by atoms with van der Waals surface area (Å²) in [5.74, 6) is -0.584. The fourth-order valence-electron chi connectivity index (χ4n) is 5.74. The number of hydrogen-bond donors (Lipinski definition) is 0. The van der Waals surface area contributed by atoms with Gasteiger partial charge in [0.25, 0.3) is 0 Å². The van der Waals surface area contributed by atoms with Crippen molar-refractivity contribution < 1.29 is 28.5 Å². The van der Waals surface area contributed by atoms with Gasteiger partial charge in [-0.3, -0.25) is 4.79 Å². The van der Waals surface area contributed by atoms with Crippen LogP contribution in [-0.4, -0.2) is 55.0 Å². The van der Waals surface area contributed by atoms with Crippen LogP contribution in [0, 0.1) is 0 Å². The molecule has 6 heteroatoms. The molecular formula is C19H28O6. The minimum Gasteiger partial charge on any atom is -0.469 e. The van der Waals surface area contributed by atoms with E-state index in [-0.39, 0.29) is 47.9 Å². The molecule has 0 aromatic heterocycles. The molecule has 2 spiro atoms. The van der Waals surface area contributed by atoms with Crippen LogP contribution < -0.4 is 0 Å². The summed E-state index contributed by atoms with van der Waals surface area (Å²) >= 11 is 0. The van der Waals surface area contributed by atoms with Crippen LogP contribution in [0.3, 0.4) is 0 Å². The smallest absolute Gasteiger partial charge is 0.308 e. The van der Waals surface area contributed by atoms with Gasteiger partial charge in [0, 0.05) is 25.7 Å². The Hall–Kier alpha value is -0.690. The van der Waals surface area contributed by atoms with Gasteiger partial charge in [-0.15, -0.1) is 0 Å². The summed E-state index contributed by atoms with van der Waals surface area (Å²) < 4.78 is 30.6. The Morgan fingerprint density at radius 2 is 1.84 bits per heavy atom. The molecule has 2 saturated carbocycles. The Morgan fingerprint density at radius 1 is 1.04 bits per heavy atom. The first-order chi connectivity index (χ1) is 12.1. The monoisotopic (exact) mass is 352 g/mol. The molecule has 140 valence electrons. The highest BCUT2D eigenvalue weighted by Crippen LogP contribution is 2.55. The van der Waals surface area contributed by atoms with Gasteiger partial charge < -0.3 is 23.7 Å². The zero-order valence-corrected chi connectivity index (χ0v) is 14.9. The summed E-state index contributed by atoms with van der Waals surface area (Å²) in [5, 5.41) is 0. The Balaban J connectivity index is 1.33. The third kappa shape index (κ3) is 2.64. The van der Waals surface area contributed by atoms with Crippen molar-refractivity contribution in [2.75, 3.05) is 7.11 Å². The van der Waals surface area contributed by atoms with Crippen molar-refractivity contribution >= 4 is 5.97 Å². The van der Waals surface area contributed by atoms with Crippen molar-refractivity contribution in [1.82, 2.24) is 0 Å². The molecule has 25 heavy (non-hydrogen) atoms. The van der Waals surface area contributed by atoms with E-state index < -0.39 is 0 Å². The highest BCUT2D eigenvalue weighted by atomic mass is 16.8. The van der Waals surface area contributed by atoms with Crippen LogP contribution in [-0.2, 0) is 28.5 Å². The van der Waals surface area contributed by atoms with E-state index in [1.807, 2.05) is 0 Å². The molecule has 0 radical (unpaired) electrons. The molecule has 3 saturated heterocycles. The number of rotatable bonds is 2. The number of methoxy groups -OCH3 is 1. The minimum absolute atomic E-state index is 0.0389. The van der Waals surface area contributed by atoms with Crippen molar-refractivity contribution in [2.45, 2.75) is 106 Å². The average Bonchev–Trinajstić information content (AvgIpc) is 3.11. The summed E-state index contributed by atoms with van der Waals surface area (Å²) in [7, 11) is 1.43. The third-order valence-corrected chi connectivity index (χ3v) is 6.86. The van der Waals surface area contributed by atoms with Crippen LogP contribution >= 0.6 is 0 Å². The first-order valence-electron chi connectivity index (χ1n) is 9.87. The van der Waals surface area contributed by atoms with Crippen LogP contribution in [0.15, 0.2) is 0 Å². The number of fused-ring (bicyclic) bond motifs is 3. The van der Waals surface area contributed by atoms with Crippen molar-refractivity contribution in [3.63, 3.8) is 0 Å². The molecule has 6 atom stereocenters. The number of esters is 1. The second-order valence-corrected chi connectivity index (χ2v) is 8.44. The van der Waals surface area contributed by atoms with Gasteiger partial charge >= 0.3 is 5.97 Å². The van der Waals surface area contributed by atoms with Crippen molar-refractivity contribution in [3.8, 4) is 0 Å². The maximum Gasteiger partial charge on any atom is 0.308 e. The third-order valence-electron chi connectivity index (χ3n) is 6.86. The number of hydrogen-bond acceptors (Lipinski definition) is 6. The number of carbonyl (C=O) groups excluding carboxylic acids is 1. The summed E-state index contributed by atoms with van der Waals surface area (Å²) in [5.41, 5.74) is -0.313. The van der Waals surface area contributed by atoms with Gasteiger partial charge in [-0.05, 0) is 25.7 Å². The molecule has 2 bridgehead atoms. The molecule has 2 aliphatic carbocycles.